The van der Waals surface area contributed by atoms with Crippen LogP contribution in [0.5, 0.6) is 0 Å². The van der Waals surface area contributed by atoms with E-state index >= 15 is 0 Å². The lowest BCUT2D eigenvalue weighted by Gasteiger charge is -2.42. The van der Waals surface area contributed by atoms with Crippen LogP contribution < -0.4 is 0 Å². The predicted molar refractivity (Wildman–Crippen MR) is 93.2 cm³/mol. The molecule has 0 amide bonds. The van der Waals surface area contributed by atoms with Crippen LogP contribution in [0.15, 0.2) is 12.1 Å². The number of nitrogens with zero attached hydrogens (tertiary/aromatic N) is 4. The van der Waals surface area contributed by atoms with Gasteiger partial charge >= 0.3 is 0 Å². The summed E-state index contributed by atoms with van der Waals surface area (Å²) in [5.74, 6) is 0. The molecule has 1 saturated heterocycles. The van der Waals surface area contributed by atoms with E-state index in [-0.39, 0.29) is 11.1 Å². The first-order chi connectivity index (χ1) is 10.6. The molecule has 1 fully saturated rings. The molecule has 2 rings (SSSR count). The highest BCUT2D eigenvalue weighted by molar-refractivity contribution is 5.06. The molecule has 2 heterocycles. The third-order valence-corrected chi connectivity index (χ3v) is 4.13. The second-order valence-corrected chi connectivity index (χ2v) is 8.35. The molecule has 0 atom stereocenters. The number of rotatable bonds is 4. The lowest BCUT2D eigenvalue weighted by Crippen LogP contribution is -2.53. The summed E-state index contributed by atoms with van der Waals surface area (Å²) in [7, 11) is 0. The molecule has 1 aromatic rings. The van der Waals surface area contributed by atoms with E-state index in [4.69, 9.17) is 4.74 Å². The van der Waals surface area contributed by atoms with Crippen molar-refractivity contribution in [1.82, 2.24) is 20.0 Å². The maximum absolute atomic E-state index is 5.73. The van der Waals surface area contributed by atoms with Gasteiger partial charge in [-0.15, -0.1) is 0 Å². The van der Waals surface area contributed by atoms with E-state index in [9.17, 15) is 0 Å². The number of ether oxygens (including phenoxy) is 1. The zero-order valence-corrected chi connectivity index (χ0v) is 15.6. The molecule has 0 unspecified atom stereocenters. The minimum absolute atomic E-state index is 0.146. The zero-order valence-electron chi connectivity index (χ0n) is 15.6. The molecule has 1 aliphatic heterocycles. The van der Waals surface area contributed by atoms with Crippen LogP contribution in [0, 0.1) is 0 Å². The van der Waals surface area contributed by atoms with E-state index in [1.54, 1.807) is 0 Å². The molecule has 5 nitrogen and oxygen atoms in total. The fourth-order valence-corrected chi connectivity index (χ4v) is 2.65. The molecule has 1 aliphatic rings. The second-order valence-electron chi connectivity index (χ2n) is 8.35. The van der Waals surface area contributed by atoms with Crippen LogP contribution in [0.4, 0.5) is 0 Å². The van der Waals surface area contributed by atoms with Gasteiger partial charge in [-0.1, -0.05) is 0 Å². The molecule has 23 heavy (non-hydrogen) atoms. The molecule has 0 bridgehead atoms. The normalized spacial score (nSPS) is 18.3. The summed E-state index contributed by atoms with van der Waals surface area (Å²) in [6.45, 7) is 18.8. The number of hydrogen-bond donors (Lipinski definition) is 0. The SMILES string of the molecule is CC(C)(C)OCc1ccc(CN2CCN(C(C)(C)C)CC2)nn1. The Labute approximate surface area is 141 Å². The van der Waals surface area contributed by atoms with E-state index in [0.29, 0.717) is 6.61 Å². The fraction of sp³-hybridized carbons (Fsp3) is 0.778. The topological polar surface area (TPSA) is 41.5 Å². The molecule has 130 valence electrons. The number of hydrogen-bond acceptors (Lipinski definition) is 5. The van der Waals surface area contributed by atoms with Crippen molar-refractivity contribution in [3.63, 3.8) is 0 Å². The Hall–Kier alpha value is -1.04. The highest BCUT2D eigenvalue weighted by atomic mass is 16.5. The lowest BCUT2D eigenvalue weighted by atomic mass is 10.0. The van der Waals surface area contributed by atoms with Gasteiger partial charge in [-0.05, 0) is 53.7 Å². The first kappa shape index (κ1) is 18.3. The summed E-state index contributed by atoms with van der Waals surface area (Å²) in [4.78, 5) is 5.00. The van der Waals surface area contributed by atoms with Gasteiger partial charge in [0.1, 0.15) is 0 Å². The monoisotopic (exact) mass is 320 g/mol. The molecule has 0 radical (unpaired) electrons. The maximum Gasteiger partial charge on any atom is 0.0913 e. The predicted octanol–water partition coefficient (Wildman–Crippen LogP) is 2.71. The summed E-state index contributed by atoms with van der Waals surface area (Å²) < 4.78 is 5.73. The zero-order chi connectivity index (χ0) is 17.1. The van der Waals surface area contributed by atoms with Gasteiger partial charge < -0.3 is 4.74 Å². The van der Waals surface area contributed by atoms with Gasteiger partial charge in [0.25, 0.3) is 0 Å². The van der Waals surface area contributed by atoms with Crippen LogP contribution >= 0.6 is 0 Å². The smallest absolute Gasteiger partial charge is 0.0913 e. The highest BCUT2D eigenvalue weighted by Gasteiger charge is 2.25. The highest BCUT2D eigenvalue weighted by Crippen LogP contribution is 2.17. The van der Waals surface area contributed by atoms with Crippen LogP contribution in [0.3, 0.4) is 0 Å². The third-order valence-electron chi connectivity index (χ3n) is 4.13. The molecular weight excluding hydrogens is 288 g/mol. The minimum Gasteiger partial charge on any atom is -0.370 e. The van der Waals surface area contributed by atoms with Crippen molar-refractivity contribution in [1.29, 1.82) is 0 Å². The van der Waals surface area contributed by atoms with Crippen LogP contribution in [0.2, 0.25) is 0 Å². The van der Waals surface area contributed by atoms with Gasteiger partial charge in [-0.3, -0.25) is 9.80 Å². The van der Waals surface area contributed by atoms with E-state index in [2.05, 4.69) is 46.8 Å². The van der Waals surface area contributed by atoms with Gasteiger partial charge in [0.2, 0.25) is 0 Å². The molecule has 0 aliphatic carbocycles. The van der Waals surface area contributed by atoms with Crippen molar-refractivity contribution in [3.05, 3.63) is 23.5 Å². The molecule has 0 saturated carbocycles. The standard InChI is InChI=1S/C18H32N4O/c1-17(2,3)22-11-9-21(10-12-22)13-15-7-8-16(20-19-15)14-23-18(4,5)6/h7-8H,9-14H2,1-6H3. The van der Waals surface area contributed by atoms with Crippen molar-refractivity contribution >= 4 is 0 Å². The Kier molecular flexibility index (Phi) is 5.76. The van der Waals surface area contributed by atoms with Gasteiger partial charge in [-0.2, -0.15) is 10.2 Å². The molecule has 5 heteroatoms. The summed E-state index contributed by atoms with van der Waals surface area (Å²) >= 11 is 0. The quantitative estimate of drug-likeness (QED) is 0.853. The largest absolute Gasteiger partial charge is 0.370 e. The van der Waals surface area contributed by atoms with Crippen LogP contribution in [-0.4, -0.2) is 57.3 Å². The molecule has 0 N–H and O–H groups in total. The van der Waals surface area contributed by atoms with E-state index in [0.717, 1.165) is 44.1 Å². The summed E-state index contributed by atoms with van der Waals surface area (Å²) in [6, 6.07) is 4.10. The van der Waals surface area contributed by atoms with Crippen molar-refractivity contribution in [3.8, 4) is 0 Å². The first-order valence-corrected chi connectivity index (χ1v) is 8.56. The van der Waals surface area contributed by atoms with Gasteiger partial charge in [-0.25, -0.2) is 0 Å². The summed E-state index contributed by atoms with van der Waals surface area (Å²) in [5.41, 5.74) is 2.04. The van der Waals surface area contributed by atoms with Crippen molar-refractivity contribution in [2.75, 3.05) is 26.2 Å². The Balaban J connectivity index is 1.81. The van der Waals surface area contributed by atoms with Crippen LogP contribution in [0.25, 0.3) is 0 Å². The van der Waals surface area contributed by atoms with Crippen LogP contribution in [-0.2, 0) is 17.9 Å². The number of aromatic nitrogens is 2. The average molecular weight is 320 g/mol. The van der Waals surface area contributed by atoms with Crippen molar-refractivity contribution < 1.29 is 4.74 Å². The Morgan fingerprint density at radius 1 is 0.913 bits per heavy atom. The Bertz CT molecular complexity index is 479. The van der Waals surface area contributed by atoms with Crippen molar-refractivity contribution in [2.45, 2.75) is 65.8 Å². The summed E-state index contributed by atoms with van der Waals surface area (Å²) in [5, 5.41) is 8.65. The number of piperazine rings is 1. The molecular formula is C18H32N4O. The first-order valence-electron chi connectivity index (χ1n) is 8.56. The molecule has 0 aromatic carbocycles. The van der Waals surface area contributed by atoms with Gasteiger partial charge in [0.05, 0.1) is 23.6 Å². The second kappa shape index (κ2) is 7.24. The lowest BCUT2D eigenvalue weighted by molar-refractivity contribution is -0.0168. The van der Waals surface area contributed by atoms with Crippen LogP contribution in [0.1, 0.15) is 52.9 Å². The maximum atomic E-state index is 5.73. The third kappa shape index (κ3) is 6.16. The minimum atomic E-state index is -0.146. The molecule has 0 spiro atoms. The van der Waals surface area contributed by atoms with E-state index in [1.807, 2.05) is 26.8 Å². The average Bonchev–Trinajstić information content (AvgIpc) is 2.45. The summed E-state index contributed by atoms with van der Waals surface area (Å²) in [6.07, 6.45) is 0. The van der Waals surface area contributed by atoms with Crippen molar-refractivity contribution in [2.24, 2.45) is 0 Å². The van der Waals surface area contributed by atoms with Gasteiger partial charge in [0.15, 0.2) is 0 Å². The van der Waals surface area contributed by atoms with Gasteiger partial charge in [0, 0.05) is 38.3 Å². The Morgan fingerprint density at radius 2 is 1.48 bits per heavy atom. The Morgan fingerprint density at radius 3 is 1.96 bits per heavy atom. The fourth-order valence-electron chi connectivity index (χ4n) is 2.65. The van der Waals surface area contributed by atoms with E-state index in [1.165, 1.54) is 0 Å². The van der Waals surface area contributed by atoms with E-state index < -0.39 is 0 Å². The molecule has 1 aromatic heterocycles.